The lowest BCUT2D eigenvalue weighted by atomic mass is 10.1. The summed E-state index contributed by atoms with van der Waals surface area (Å²) in [6.45, 7) is 3.57. The molecule has 0 aromatic heterocycles. The molecule has 1 aliphatic rings. The van der Waals surface area contributed by atoms with Crippen LogP contribution in [0.25, 0.3) is 6.08 Å². The number of nitro benzene ring substituents is 1. The number of hydrogen-bond donors (Lipinski definition) is 1. The number of para-hydroxylation sites is 1. The Hall–Kier alpha value is -3.96. The van der Waals surface area contributed by atoms with Gasteiger partial charge in [-0.15, -0.1) is 0 Å². The maximum Gasteiger partial charge on any atom is 0.293 e. The van der Waals surface area contributed by atoms with Crippen LogP contribution in [0.5, 0.6) is 5.75 Å². The number of carbonyl (C=O) groups is 3. The molecule has 1 N–H and O–H groups in total. The van der Waals surface area contributed by atoms with Crippen molar-refractivity contribution in [1.29, 1.82) is 0 Å². The van der Waals surface area contributed by atoms with Crippen LogP contribution in [0.4, 0.5) is 16.2 Å². The first-order valence-corrected chi connectivity index (χ1v) is 13.0. The van der Waals surface area contributed by atoms with Crippen LogP contribution in [0.1, 0.15) is 22.3 Å². The number of anilines is 1. The summed E-state index contributed by atoms with van der Waals surface area (Å²) in [7, 11) is 0. The van der Waals surface area contributed by atoms with Crippen LogP contribution < -0.4 is 10.1 Å². The van der Waals surface area contributed by atoms with Gasteiger partial charge in [-0.1, -0.05) is 30.3 Å². The smallest absolute Gasteiger partial charge is 0.293 e. The van der Waals surface area contributed by atoms with Crippen molar-refractivity contribution in [1.82, 2.24) is 4.90 Å². The quantitative estimate of drug-likeness (QED) is 0.186. The van der Waals surface area contributed by atoms with Crippen molar-refractivity contribution in [3.63, 3.8) is 0 Å². The zero-order valence-corrected chi connectivity index (χ0v) is 22.8. The number of aryl methyl sites for hydroxylation is 2. The van der Waals surface area contributed by atoms with Crippen LogP contribution in [-0.4, -0.2) is 33.5 Å². The van der Waals surface area contributed by atoms with Crippen molar-refractivity contribution < 1.29 is 24.0 Å². The fourth-order valence-corrected chi connectivity index (χ4v) is 5.05. The first-order chi connectivity index (χ1) is 18.1. The fraction of sp³-hybridized carbons (Fsp3) is 0.148. The normalized spacial score (nSPS) is 14.2. The number of thioether (sulfide) groups is 1. The Morgan fingerprint density at radius 1 is 1.11 bits per heavy atom. The minimum absolute atomic E-state index is 0.151. The summed E-state index contributed by atoms with van der Waals surface area (Å²) in [6, 6.07) is 16.5. The van der Waals surface area contributed by atoms with Gasteiger partial charge in [0.15, 0.2) is 6.61 Å². The van der Waals surface area contributed by atoms with Gasteiger partial charge >= 0.3 is 0 Å². The molecule has 0 radical (unpaired) electrons. The van der Waals surface area contributed by atoms with E-state index in [9.17, 15) is 24.5 Å². The number of nitrogens with zero attached hydrogens (tertiary/aromatic N) is 2. The second-order valence-corrected chi connectivity index (χ2v) is 10.3. The van der Waals surface area contributed by atoms with Crippen molar-refractivity contribution in [2.45, 2.75) is 20.4 Å². The Morgan fingerprint density at radius 2 is 1.79 bits per heavy atom. The molecule has 3 amide bonds. The standard InChI is InChI=1S/C27H22BrN3O6S/c1-16-11-21(28)22(12-17(16)2)29-25(32)15-37-20-9-7-18(8-10-20)13-24-26(33)30(27(34)38-24)14-19-5-3-4-6-23(19)31(35)36/h3-13H,14-15H2,1-2H3,(H,29,32)/b24-13-. The molecular weight excluding hydrogens is 574 g/mol. The maximum absolute atomic E-state index is 12.8. The van der Waals surface area contributed by atoms with E-state index in [4.69, 9.17) is 4.74 Å². The number of hydrogen-bond acceptors (Lipinski definition) is 7. The van der Waals surface area contributed by atoms with E-state index in [1.54, 1.807) is 36.4 Å². The largest absolute Gasteiger partial charge is 0.484 e. The zero-order chi connectivity index (χ0) is 27.4. The Labute approximate surface area is 231 Å². The Morgan fingerprint density at radius 3 is 2.50 bits per heavy atom. The lowest BCUT2D eigenvalue weighted by molar-refractivity contribution is -0.385. The molecule has 11 heteroatoms. The molecule has 0 atom stereocenters. The highest BCUT2D eigenvalue weighted by atomic mass is 79.9. The van der Waals surface area contributed by atoms with Gasteiger partial charge in [0, 0.05) is 16.1 Å². The predicted octanol–water partition coefficient (Wildman–Crippen LogP) is 6.23. The molecule has 1 fully saturated rings. The van der Waals surface area contributed by atoms with E-state index < -0.39 is 16.1 Å². The van der Waals surface area contributed by atoms with Gasteiger partial charge in [0.2, 0.25) is 0 Å². The van der Waals surface area contributed by atoms with Gasteiger partial charge in [0.05, 0.1) is 22.1 Å². The molecule has 4 rings (SSSR count). The molecule has 0 bridgehead atoms. The molecule has 3 aromatic carbocycles. The maximum atomic E-state index is 12.8. The number of nitrogens with one attached hydrogen (secondary N) is 1. The van der Waals surface area contributed by atoms with Crippen molar-refractivity contribution in [2.75, 3.05) is 11.9 Å². The molecule has 9 nitrogen and oxygen atoms in total. The number of benzene rings is 3. The average Bonchev–Trinajstić information content (AvgIpc) is 3.14. The minimum Gasteiger partial charge on any atom is -0.484 e. The highest BCUT2D eigenvalue weighted by Crippen LogP contribution is 2.34. The first kappa shape index (κ1) is 27.1. The molecule has 3 aromatic rings. The van der Waals surface area contributed by atoms with Gasteiger partial charge in [-0.2, -0.15) is 0 Å². The molecule has 194 valence electrons. The molecular formula is C27H22BrN3O6S. The molecule has 0 spiro atoms. The second kappa shape index (κ2) is 11.6. The molecule has 0 aliphatic carbocycles. The molecule has 0 unspecified atom stereocenters. The highest BCUT2D eigenvalue weighted by Gasteiger charge is 2.36. The Kier molecular flexibility index (Phi) is 8.28. The van der Waals surface area contributed by atoms with Gasteiger partial charge in [-0.05, 0) is 88.6 Å². The third-order valence-corrected chi connectivity index (χ3v) is 7.36. The third-order valence-electron chi connectivity index (χ3n) is 5.80. The van der Waals surface area contributed by atoms with Crippen molar-refractivity contribution in [3.8, 4) is 5.75 Å². The molecule has 0 saturated carbocycles. The van der Waals surface area contributed by atoms with Crippen molar-refractivity contribution >= 4 is 62.2 Å². The summed E-state index contributed by atoms with van der Waals surface area (Å²) in [5.74, 6) is -0.376. The lowest BCUT2D eigenvalue weighted by Crippen LogP contribution is -2.27. The topological polar surface area (TPSA) is 119 Å². The van der Waals surface area contributed by atoms with Crippen LogP contribution in [-0.2, 0) is 16.1 Å². The molecule has 1 saturated heterocycles. The van der Waals surface area contributed by atoms with Crippen LogP contribution in [0.2, 0.25) is 0 Å². The van der Waals surface area contributed by atoms with Gasteiger partial charge in [-0.3, -0.25) is 29.4 Å². The number of imide groups is 1. The predicted molar refractivity (Wildman–Crippen MR) is 149 cm³/mol. The minimum atomic E-state index is -0.542. The number of halogens is 1. The van der Waals surface area contributed by atoms with Crippen LogP contribution >= 0.6 is 27.7 Å². The lowest BCUT2D eigenvalue weighted by Gasteiger charge is -2.12. The number of rotatable bonds is 8. The van der Waals surface area contributed by atoms with E-state index in [0.29, 0.717) is 17.0 Å². The summed E-state index contributed by atoms with van der Waals surface area (Å²) in [5.41, 5.74) is 3.60. The first-order valence-electron chi connectivity index (χ1n) is 11.4. The monoisotopic (exact) mass is 595 g/mol. The summed E-state index contributed by atoms with van der Waals surface area (Å²) >= 11 is 4.22. The van der Waals surface area contributed by atoms with E-state index >= 15 is 0 Å². The zero-order valence-electron chi connectivity index (χ0n) is 20.4. The fourth-order valence-electron chi connectivity index (χ4n) is 3.65. The van der Waals surface area contributed by atoms with Crippen molar-refractivity contribution in [3.05, 3.63) is 102 Å². The van der Waals surface area contributed by atoms with Crippen LogP contribution in [0.15, 0.2) is 70.0 Å². The number of amides is 3. The SMILES string of the molecule is Cc1cc(Br)c(NC(=O)COc2ccc(/C=C3\SC(=O)N(Cc4ccccc4[N+](=O)[O-])C3=O)cc2)cc1C. The summed E-state index contributed by atoms with van der Waals surface area (Å²) in [6.07, 6.45) is 1.57. The van der Waals surface area contributed by atoms with Gasteiger partial charge in [0.1, 0.15) is 5.75 Å². The summed E-state index contributed by atoms with van der Waals surface area (Å²) in [5, 5.41) is 13.6. The van der Waals surface area contributed by atoms with Crippen LogP contribution in [0, 0.1) is 24.0 Å². The van der Waals surface area contributed by atoms with Gasteiger partial charge < -0.3 is 10.1 Å². The summed E-state index contributed by atoms with van der Waals surface area (Å²) in [4.78, 5) is 49.5. The number of nitro groups is 1. The highest BCUT2D eigenvalue weighted by molar-refractivity contribution is 9.10. The van der Waals surface area contributed by atoms with Gasteiger partial charge in [-0.25, -0.2) is 0 Å². The Bertz CT molecular complexity index is 1470. The number of ether oxygens (including phenoxy) is 1. The molecule has 1 aliphatic heterocycles. The van der Waals surface area contributed by atoms with Crippen molar-refractivity contribution in [2.24, 2.45) is 0 Å². The van der Waals surface area contributed by atoms with Gasteiger partial charge in [0.25, 0.3) is 22.7 Å². The van der Waals surface area contributed by atoms with E-state index in [2.05, 4.69) is 21.2 Å². The van der Waals surface area contributed by atoms with E-state index in [-0.39, 0.29) is 35.2 Å². The molecule has 1 heterocycles. The molecule has 38 heavy (non-hydrogen) atoms. The average molecular weight is 596 g/mol. The number of carbonyl (C=O) groups excluding carboxylic acids is 3. The van der Waals surface area contributed by atoms with E-state index in [1.165, 1.54) is 18.2 Å². The summed E-state index contributed by atoms with van der Waals surface area (Å²) < 4.78 is 6.36. The van der Waals surface area contributed by atoms with E-state index in [1.807, 2.05) is 26.0 Å². The van der Waals surface area contributed by atoms with Crippen LogP contribution in [0.3, 0.4) is 0 Å². The third kappa shape index (κ3) is 6.29. The second-order valence-electron chi connectivity index (χ2n) is 8.48. The Balaban J connectivity index is 1.37. The van der Waals surface area contributed by atoms with E-state index in [0.717, 1.165) is 32.3 Å².